The van der Waals surface area contributed by atoms with Crippen LogP contribution in [0.4, 0.5) is 0 Å². The molecule has 2 unspecified atom stereocenters. The quantitative estimate of drug-likeness (QED) is 0.726. The van der Waals surface area contributed by atoms with Gasteiger partial charge in [-0.05, 0) is 24.8 Å². The van der Waals surface area contributed by atoms with Crippen molar-refractivity contribution in [1.82, 2.24) is 4.90 Å². The van der Waals surface area contributed by atoms with Gasteiger partial charge < -0.3 is 4.90 Å². The van der Waals surface area contributed by atoms with E-state index < -0.39 is 0 Å². The Morgan fingerprint density at radius 3 is 2.81 bits per heavy atom. The average Bonchev–Trinajstić information content (AvgIpc) is 2.52. The lowest BCUT2D eigenvalue weighted by atomic mass is 9.82. The van der Waals surface area contributed by atoms with Crippen molar-refractivity contribution in [2.75, 3.05) is 6.54 Å². The number of terminal acetylenes is 1. The molecule has 0 radical (unpaired) electrons. The van der Waals surface area contributed by atoms with Gasteiger partial charge >= 0.3 is 0 Å². The van der Waals surface area contributed by atoms with Crippen LogP contribution in [-0.4, -0.2) is 17.4 Å². The third-order valence-electron chi connectivity index (χ3n) is 4.36. The molecule has 2 nitrogen and oxygen atoms in total. The summed E-state index contributed by atoms with van der Waals surface area (Å²) in [4.78, 5) is 14.7. The van der Waals surface area contributed by atoms with Gasteiger partial charge in [0.1, 0.15) is 0 Å². The smallest absolute Gasteiger partial charge is 0.227 e. The van der Waals surface area contributed by atoms with Gasteiger partial charge in [-0.3, -0.25) is 4.79 Å². The monoisotopic (exact) mass is 283 g/mol. The van der Waals surface area contributed by atoms with Crippen LogP contribution < -0.4 is 0 Å². The van der Waals surface area contributed by atoms with Crippen molar-refractivity contribution in [3.8, 4) is 12.3 Å². The zero-order valence-electron chi connectivity index (χ0n) is 12.9. The van der Waals surface area contributed by atoms with Gasteiger partial charge in [-0.2, -0.15) is 0 Å². The molecule has 21 heavy (non-hydrogen) atoms. The van der Waals surface area contributed by atoms with Crippen LogP contribution in [0, 0.1) is 24.2 Å². The number of nitrogens with zero attached hydrogens (tertiary/aromatic N) is 1. The Bertz CT molecular complexity index is 488. The molecule has 0 aliphatic carbocycles. The van der Waals surface area contributed by atoms with E-state index in [1.165, 1.54) is 5.56 Å². The summed E-state index contributed by atoms with van der Waals surface area (Å²) < 4.78 is 0. The van der Waals surface area contributed by atoms with Crippen molar-refractivity contribution in [2.24, 2.45) is 11.8 Å². The summed E-state index contributed by atoms with van der Waals surface area (Å²) in [6, 6.07) is 10.2. The van der Waals surface area contributed by atoms with Crippen molar-refractivity contribution >= 4 is 5.91 Å². The van der Waals surface area contributed by atoms with E-state index in [0.717, 1.165) is 38.6 Å². The molecule has 1 aliphatic heterocycles. The first kappa shape index (κ1) is 15.6. The van der Waals surface area contributed by atoms with Gasteiger partial charge in [0.15, 0.2) is 0 Å². The van der Waals surface area contributed by atoms with E-state index in [9.17, 15) is 4.79 Å². The number of unbranched alkanes of at least 4 members (excludes halogenated alkanes) is 1. The SMILES string of the molecule is C#CC(CCCC)C1CCCN(Cc2ccccc2)C1=O. The molecule has 0 bridgehead atoms. The topological polar surface area (TPSA) is 20.3 Å². The lowest BCUT2D eigenvalue weighted by molar-refractivity contribution is -0.140. The number of benzene rings is 1. The summed E-state index contributed by atoms with van der Waals surface area (Å²) in [7, 11) is 0. The van der Waals surface area contributed by atoms with Crippen LogP contribution in [0.2, 0.25) is 0 Å². The molecule has 0 N–H and O–H groups in total. The molecule has 2 heteroatoms. The van der Waals surface area contributed by atoms with E-state index in [1.807, 2.05) is 23.1 Å². The number of piperidine rings is 1. The molecular weight excluding hydrogens is 258 g/mol. The second-order valence-corrected chi connectivity index (χ2v) is 5.91. The molecule has 1 aromatic rings. The number of rotatable bonds is 6. The zero-order valence-corrected chi connectivity index (χ0v) is 12.9. The van der Waals surface area contributed by atoms with Crippen molar-refractivity contribution in [3.63, 3.8) is 0 Å². The number of hydrogen-bond donors (Lipinski definition) is 0. The minimum absolute atomic E-state index is 0.0269. The van der Waals surface area contributed by atoms with Gasteiger partial charge in [-0.1, -0.05) is 50.1 Å². The van der Waals surface area contributed by atoms with Crippen molar-refractivity contribution < 1.29 is 4.79 Å². The Morgan fingerprint density at radius 2 is 2.14 bits per heavy atom. The van der Waals surface area contributed by atoms with Crippen LogP contribution in [-0.2, 0) is 11.3 Å². The highest BCUT2D eigenvalue weighted by Gasteiger charge is 2.33. The summed E-state index contributed by atoms with van der Waals surface area (Å²) >= 11 is 0. The maximum Gasteiger partial charge on any atom is 0.227 e. The first-order valence-electron chi connectivity index (χ1n) is 8.05. The van der Waals surface area contributed by atoms with E-state index in [1.54, 1.807) is 0 Å². The highest BCUT2D eigenvalue weighted by Crippen LogP contribution is 2.29. The van der Waals surface area contributed by atoms with Crippen LogP contribution in [0.1, 0.15) is 44.6 Å². The van der Waals surface area contributed by atoms with Crippen LogP contribution in [0.3, 0.4) is 0 Å². The fraction of sp³-hybridized carbons (Fsp3) is 0.526. The minimum Gasteiger partial charge on any atom is -0.338 e. The van der Waals surface area contributed by atoms with Gasteiger partial charge in [-0.15, -0.1) is 12.3 Å². The standard InChI is InChI=1S/C19H25NO/c1-3-5-12-17(4-2)18-13-9-14-20(19(18)21)15-16-10-7-6-8-11-16/h2,6-8,10-11,17-18H,3,5,9,12-15H2,1H3. The van der Waals surface area contributed by atoms with E-state index in [-0.39, 0.29) is 17.7 Å². The Balaban J connectivity index is 2.02. The predicted octanol–water partition coefficient (Wildman–Crippen LogP) is 3.86. The zero-order chi connectivity index (χ0) is 15.1. The summed E-state index contributed by atoms with van der Waals surface area (Å²) in [5.41, 5.74) is 1.19. The highest BCUT2D eigenvalue weighted by molar-refractivity contribution is 5.80. The molecule has 1 heterocycles. The summed E-state index contributed by atoms with van der Waals surface area (Å²) in [6.45, 7) is 3.73. The molecule has 2 atom stereocenters. The Hall–Kier alpha value is -1.75. The normalized spacial score (nSPS) is 20.1. The van der Waals surface area contributed by atoms with Crippen LogP contribution in [0.15, 0.2) is 30.3 Å². The van der Waals surface area contributed by atoms with Crippen LogP contribution in [0.25, 0.3) is 0 Å². The second kappa shape index (κ2) is 7.88. The predicted molar refractivity (Wildman–Crippen MR) is 86.4 cm³/mol. The Kier molecular flexibility index (Phi) is 5.87. The van der Waals surface area contributed by atoms with Crippen molar-refractivity contribution in [1.29, 1.82) is 0 Å². The van der Waals surface area contributed by atoms with E-state index in [4.69, 9.17) is 6.42 Å². The lowest BCUT2D eigenvalue weighted by Crippen LogP contribution is -2.43. The van der Waals surface area contributed by atoms with Crippen molar-refractivity contribution in [2.45, 2.75) is 45.6 Å². The molecule has 1 saturated heterocycles. The van der Waals surface area contributed by atoms with Crippen LogP contribution in [0.5, 0.6) is 0 Å². The molecule has 1 fully saturated rings. The van der Waals surface area contributed by atoms with Gasteiger partial charge in [0, 0.05) is 19.0 Å². The van der Waals surface area contributed by atoms with Gasteiger partial charge in [0.05, 0.1) is 5.92 Å². The first-order valence-corrected chi connectivity index (χ1v) is 8.05. The maximum absolute atomic E-state index is 12.7. The van der Waals surface area contributed by atoms with E-state index in [0.29, 0.717) is 6.54 Å². The number of carbonyl (C=O) groups excluding carboxylic acids is 1. The first-order chi connectivity index (χ1) is 10.3. The number of hydrogen-bond acceptors (Lipinski definition) is 1. The van der Waals surface area contributed by atoms with Gasteiger partial charge in [0.25, 0.3) is 0 Å². The molecule has 1 amide bonds. The molecule has 0 saturated carbocycles. The Morgan fingerprint density at radius 1 is 1.38 bits per heavy atom. The second-order valence-electron chi connectivity index (χ2n) is 5.91. The third-order valence-corrected chi connectivity index (χ3v) is 4.36. The summed E-state index contributed by atoms with van der Waals surface area (Å²) in [5.74, 6) is 3.26. The molecule has 112 valence electrons. The molecule has 1 aliphatic rings. The molecule has 2 rings (SSSR count). The highest BCUT2D eigenvalue weighted by atomic mass is 16.2. The lowest BCUT2D eigenvalue weighted by Gasteiger charge is -2.35. The summed E-state index contributed by atoms with van der Waals surface area (Å²) in [6.07, 6.45) is 10.9. The molecule has 0 spiro atoms. The fourth-order valence-electron chi connectivity index (χ4n) is 3.13. The van der Waals surface area contributed by atoms with Crippen LogP contribution >= 0.6 is 0 Å². The molecular formula is C19H25NO. The van der Waals surface area contributed by atoms with Crippen molar-refractivity contribution in [3.05, 3.63) is 35.9 Å². The number of likely N-dealkylation sites (tertiary alicyclic amines) is 1. The largest absolute Gasteiger partial charge is 0.338 e. The fourth-order valence-corrected chi connectivity index (χ4v) is 3.13. The van der Waals surface area contributed by atoms with Gasteiger partial charge in [0.2, 0.25) is 5.91 Å². The average molecular weight is 283 g/mol. The minimum atomic E-state index is 0.0269. The number of carbonyl (C=O) groups is 1. The molecule has 1 aromatic carbocycles. The summed E-state index contributed by atoms with van der Waals surface area (Å²) in [5, 5.41) is 0. The van der Waals surface area contributed by atoms with E-state index >= 15 is 0 Å². The number of amides is 1. The van der Waals surface area contributed by atoms with Gasteiger partial charge in [-0.25, -0.2) is 0 Å². The Labute approximate surface area is 128 Å². The maximum atomic E-state index is 12.7. The van der Waals surface area contributed by atoms with E-state index in [2.05, 4.69) is 25.0 Å². The third kappa shape index (κ3) is 4.11. The molecule has 0 aromatic heterocycles.